The molecule has 0 saturated heterocycles. The van der Waals surface area contributed by atoms with Crippen LogP contribution in [0.4, 0.5) is 8.78 Å². The summed E-state index contributed by atoms with van der Waals surface area (Å²) in [5.41, 5.74) is 0.514. The van der Waals surface area contributed by atoms with Crippen LogP contribution in [0, 0.1) is 0 Å². The van der Waals surface area contributed by atoms with Gasteiger partial charge in [-0.05, 0) is 12.0 Å². The van der Waals surface area contributed by atoms with Crippen LogP contribution in [0.2, 0.25) is 0 Å². The van der Waals surface area contributed by atoms with Gasteiger partial charge in [0.25, 0.3) is 15.2 Å². The first kappa shape index (κ1) is 17.5. The molecule has 2 rings (SSSR count). The molecule has 1 heterocycles. The molecule has 9 heteroatoms. The Morgan fingerprint density at radius 2 is 1.87 bits per heavy atom. The third-order valence-corrected chi connectivity index (χ3v) is 5.21. The van der Waals surface area contributed by atoms with E-state index >= 15 is 0 Å². The van der Waals surface area contributed by atoms with Gasteiger partial charge < -0.3 is 0 Å². The fourth-order valence-corrected chi connectivity index (χ4v) is 3.08. The molecule has 1 atom stereocenters. The third-order valence-electron chi connectivity index (χ3n) is 3.48. The Bertz CT molecular complexity index is 732. The van der Waals surface area contributed by atoms with Crippen molar-refractivity contribution in [3.63, 3.8) is 0 Å². The number of rotatable bonds is 7. The summed E-state index contributed by atoms with van der Waals surface area (Å²) in [6.07, 6.45) is -1.38. The Morgan fingerprint density at radius 3 is 2.43 bits per heavy atom. The molecule has 0 saturated carbocycles. The van der Waals surface area contributed by atoms with Gasteiger partial charge in [0.05, 0.1) is 0 Å². The van der Waals surface area contributed by atoms with E-state index < -0.39 is 22.4 Å². The highest BCUT2D eigenvalue weighted by Gasteiger charge is 2.26. The standard InChI is InChI=1S/C14H18F2N4O2S/c1-19(2)23(21,22)14-17-10-18-20(14)9-8-12(13(15)16)11-6-4-3-5-7-11/h3-7,10,12-13H,8-9H2,1-2H3. The summed E-state index contributed by atoms with van der Waals surface area (Å²) in [5.74, 6) is -0.990. The zero-order chi connectivity index (χ0) is 17.0. The first-order valence-electron chi connectivity index (χ1n) is 6.97. The summed E-state index contributed by atoms with van der Waals surface area (Å²) in [6, 6.07) is 8.42. The van der Waals surface area contributed by atoms with Crippen molar-refractivity contribution in [2.24, 2.45) is 0 Å². The van der Waals surface area contributed by atoms with Crippen LogP contribution in [0.3, 0.4) is 0 Å². The second-order valence-corrected chi connectivity index (χ2v) is 7.24. The highest BCUT2D eigenvalue weighted by atomic mass is 32.2. The molecule has 0 N–H and O–H groups in total. The van der Waals surface area contributed by atoms with E-state index in [1.165, 1.54) is 14.1 Å². The highest BCUT2D eigenvalue weighted by Crippen LogP contribution is 2.27. The predicted octanol–water partition coefficient (Wildman–Crippen LogP) is 1.97. The molecule has 1 aromatic carbocycles. The molecule has 0 fully saturated rings. The van der Waals surface area contributed by atoms with E-state index in [0.717, 1.165) is 15.3 Å². The molecule has 0 aliphatic heterocycles. The monoisotopic (exact) mass is 344 g/mol. The van der Waals surface area contributed by atoms with Crippen molar-refractivity contribution in [1.29, 1.82) is 0 Å². The highest BCUT2D eigenvalue weighted by molar-refractivity contribution is 7.88. The number of aromatic nitrogens is 3. The number of alkyl halides is 2. The fourth-order valence-electron chi connectivity index (χ4n) is 2.17. The van der Waals surface area contributed by atoms with Crippen LogP contribution < -0.4 is 0 Å². The van der Waals surface area contributed by atoms with Crippen molar-refractivity contribution < 1.29 is 17.2 Å². The summed E-state index contributed by atoms with van der Waals surface area (Å²) in [6.45, 7) is 0.0340. The minimum Gasteiger partial charge on any atom is -0.235 e. The average Bonchev–Trinajstić information content (AvgIpc) is 2.97. The molecule has 0 amide bonds. The molecule has 23 heavy (non-hydrogen) atoms. The largest absolute Gasteiger partial charge is 0.278 e. The maximum absolute atomic E-state index is 13.3. The Kier molecular flexibility index (Phi) is 5.42. The maximum atomic E-state index is 13.3. The van der Waals surface area contributed by atoms with Crippen LogP contribution in [-0.2, 0) is 16.6 Å². The van der Waals surface area contributed by atoms with E-state index in [1.54, 1.807) is 30.3 Å². The quantitative estimate of drug-likeness (QED) is 0.770. The lowest BCUT2D eigenvalue weighted by Gasteiger charge is -2.17. The Balaban J connectivity index is 2.19. The summed E-state index contributed by atoms with van der Waals surface area (Å²) in [7, 11) is -1.01. The van der Waals surface area contributed by atoms with Crippen LogP contribution in [0.5, 0.6) is 0 Å². The zero-order valence-electron chi connectivity index (χ0n) is 12.8. The number of aryl methyl sites for hydroxylation is 1. The second kappa shape index (κ2) is 7.14. The summed E-state index contributed by atoms with van der Waals surface area (Å²) in [5, 5.41) is 3.60. The molecule has 126 valence electrons. The Morgan fingerprint density at radius 1 is 1.22 bits per heavy atom. The molecular formula is C14H18F2N4O2S. The normalized spacial score (nSPS) is 13.7. The summed E-state index contributed by atoms with van der Waals surface area (Å²) in [4.78, 5) is 3.74. The zero-order valence-corrected chi connectivity index (χ0v) is 13.6. The Hall–Kier alpha value is -1.87. The molecule has 2 aromatic rings. The molecule has 0 aliphatic rings. The minimum absolute atomic E-state index is 0.0340. The van der Waals surface area contributed by atoms with Crippen molar-refractivity contribution in [2.45, 2.75) is 30.5 Å². The molecule has 0 bridgehead atoms. The first-order chi connectivity index (χ1) is 10.8. The van der Waals surface area contributed by atoms with E-state index in [0.29, 0.717) is 5.56 Å². The van der Waals surface area contributed by atoms with E-state index in [1.807, 2.05) is 0 Å². The van der Waals surface area contributed by atoms with E-state index in [9.17, 15) is 17.2 Å². The summed E-state index contributed by atoms with van der Waals surface area (Å²) >= 11 is 0. The van der Waals surface area contributed by atoms with Gasteiger partial charge in [-0.25, -0.2) is 31.2 Å². The van der Waals surface area contributed by atoms with Gasteiger partial charge >= 0.3 is 0 Å². The fraction of sp³-hybridized carbons (Fsp3) is 0.429. The van der Waals surface area contributed by atoms with Crippen molar-refractivity contribution in [2.75, 3.05) is 14.1 Å². The smallest absolute Gasteiger partial charge is 0.235 e. The van der Waals surface area contributed by atoms with Gasteiger partial charge in [0.15, 0.2) is 0 Å². The van der Waals surface area contributed by atoms with Crippen LogP contribution in [-0.4, -0.2) is 48.0 Å². The van der Waals surface area contributed by atoms with Crippen molar-refractivity contribution in [1.82, 2.24) is 19.1 Å². The maximum Gasteiger partial charge on any atom is 0.278 e. The van der Waals surface area contributed by atoms with Crippen molar-refractivity contribution in [3.05, 3.63) is 42.2 Å². The van der Waals surface area contributed by atoms with Crippen LogP contribution >= 0.6 is 0 Å². The van der Waals surface area contributed by atoms with Crippen LogP contribution in [0.1, 0.15) is 17.9 Å². The van der Waals surface area contributed by atoms with Crippen molar-refractivity contribution >= 4 is 10.0 Å². The molecule has 0 aliphatic carbocycles. The van der Waals surface area contributed by atoms with Gasteiger partial charge in [-0.2, -0.15) is 5.10 Å². The molecule has 0 spiro atoms. The van der Waals surface area contributed by atoms with Gasteiger partial charge in [0.1, 0.15) is 6.33 Å². The number of benzene rings is 1. The average molecular weight is 344 g/mol. The SMILES string of the molecule is CN(C)S(=O)(=O)c1ncnn1CCC(c1ccccc1)C(F)F. The number of hydrogen-bond donors (Lipinski definition) is 0. The minimum atomic E-state index is -3.76. The van der Waals surface area contributed by atoms with Gasteiger partial charge in [-0.15, -0.1) is 0 Å². The van der Waals surface area contributed by atoms with Gasteiger partial charge in [0.2, 0.25) is 6.43 Å². The van der Waals surface area contributed by atoms with E-state index in [-0.39, 0.29) is 18.1 Å². The lowest BCUT2D eigenvalue weighted by atomic mass is 9.96. The third kappa shape index (κ3) is 3.91. The molecular weight excluding hydrogens is 326 g/mol. The predicted molar refractivity (Wildman–Crippen MR) is 80.7 cm³/mol. The van der Waals surface area contributed by atoms with E-state index in [2.05, 4.69) is 10.1 Å². The van der Waals surface area contributed by atoms with Crippen molar-refractivity contribution in [3.8, 4) is 0 Å². The lowest BCUT2D eigenvalue weighted by Crippen LogP contribution is -2.26. The Labute approximate surface area is 133 Å². The molecule has 1 aromatic heterocycles. The second-order valence-electron chi connectivity index (χ2n) is 5.19. The topological polar surface area (TPSA) is 68.1 Å². The molecule has 1 unspecified atom stereocenters. The number of hydrogen-bond acceptors (Lipinski definition) is 4. The molecule has 6 nitrogen and oxygen atoms in total. The van der Waals surface area contributed by atoms with Crippen LogP contribution in [0.25, 0.3) is 0 Å². The van der Waals surface area contributed by atoms with E-state index in [4.69, 9.17) is 0 Å². The summed E-state index contributed by atoms with van der Waals surface area (Å²) < 4.78 is 53.0. The molecule has 0 radical (unpaired) electrons. The van der Waals surface area contributed by atoms with Gasteiger partial charge in [-0.1, -0.05) is 30.3 Å². The number of halogens is 2. The lowest BCUT2D eigenvalue weighted by molar-refractivity contribution is 0.107. The number of sulfonamides is 1. The first-order valence-corrected chi connectivity index (χ1v) is 8.41. The van der Waals surface area contributed by atoms with Crippen LogP contribution in [0.15, 0.2) is 41.8 Å². The van der Waals surface area contributed by atoms with Gasteiger partial charge in [0, 0.05) is 26.6 Å². The van der Waals surface area contributed by atoms with Gasteiger partial charge in [-0.3, -0.25) is 0 Å². The number of nitrogens with zero attached hydrogens (tertiary/aromatic N) is 4.